The van der Waals surface area contributed by atoms with Crippen molar-refractivity contribution >= 4 is 97.8 Å². The average Bonchev–Trinajstić information content (AvgIpc) is 3.21. The highest BCUT2D eigenvalue weighted by molar-refractivity contribution is 7.19. The number of carboxylic acids is 2. The zero-order valence-electron chi connectivity index (χ0n) is 46.8. The van der Waals surface area contributed by atoms with Crippen LogP contribution in [0.4, 0.5) is 17.1 Å². The van der Waals surface area contributed by atoms with Gasteiger partial charge in [0.15, 0.2) is 5.82 Å². The standard InChI is InChI=1S/C67H65N5O6S5/c1-4-7-10-13-34-71-64(62-40-49(44-80-62)59-31-29-56(82-59)38-47(42-69)67(75)76)63(61-39-48(43-79-61)58-30-28-55(81-58)37-46(41-68)66(73)74)70-65(71)60-33-32-57(83-60)45-16-18-50(19-17-45)72(51-20-24-53(25-21-51)77-35-14-11-8-5-2)52-22-26-54(27-23-52)78-36-15-12-9-6-3/h16-33,37-40,43-44H,4-15,34-36H2,1-3H3,(H,73,74)(H,75,76)/b46-37-,47-38-. The summed E-state index contributed by atoms with van der Waals surface area (Å²) < 4.78 is 14.7. The van der Waals surface area contributed by atoms with Crippen LogP contribution in [0.5, 0.6) is 11.5 Å². The molecule has 9 rings (SSSR count). The van der Waals surface area contributed by atoms with Crippen LogP contribution in [-0.2, 0) is 16.1 Å². The number of anilines is 3. The fourth-order valence-corrected chi connectivity index (χ4v) is 14.4. The molecule has 0 amide bonds. The molecule has 0 aliphatic heterocycles. The Morgan fingerprint density at radius 1 is 0.530 bits per heavy atom. The van der Waals surface area contributed by atoms with Gasteiger partial charge in [-0.3, -0.25) is 0 Å². The first-order chi connectivity index (χ1) is 40.6. The lowest BCUT2D eigenvalue weighted by atomic mass is 10.1. The van der Waals surface area contributed by atoms with Gasteiger partial charge in [-0.2, -0.15) is 10.5 Å². The van der Waals surface area contributed by atoms with E-state index < -0.39 is 11.9 Å². The van der Waals surface area contributed by atoms with Crippen LogP contribution < -0.4 is 14.4 Å². The van der Waals surface area contributed by atoms with Crippen molar-refractivity contribution < 1.29 is 29.3 Å². The molecule has 0 radical (unpaired) electrons. The van der Waals surface area contributed by atoms with Crippen molar-refractivity contribution in [2.45, 2.75) is 104 Å². The molecule has 11 nitrogen and oxygen atoms in total. The summed E-state index contributed by atoms with van der Waals surface area (Å²) in [7, 11) is 0. The van der Waals surface area contributed by atoms with Crippen molar-refractivity contribution in [1.29, 1.82) is 10.5 Å². The maximum Gasteiger partial charge on any atom is 0.346 e. The number of imidazole rings is 1. The van der Waals surface area contributed by atoms with Gasteiger partial charge in [0.05, 0.1) is 33.5 Å². The van der Waals surface area contributed by atoms with Crippen molar-refractivity contribution in [3.8, 4) is 86.8 Å². The quantitative estimate of drug-likeness (QED) is 0.0252. The Labute approximate surface area is 506 Å². The van der Waals surface area contributed by atoms with Gasteiger partial charge in [-0.15, -0.1) is 56.7 Å². The van der Waals surface area contributed by atoms with Crippen LogP contribution in [0.15, 0.2) is 143 Å². The molecule has 2 N–H and O–H groups in total. The van der Waals surface area contributed by atoms with E-state index >= 15 is 0 Å². The number of unbranched alkanes of at least 4 members (excludes halogenated alkanes) is 9. The molecule has 0 unspecified atom stereocenters. The number of aromatic nitrogens is 2. The maximum absolute atomic E-state index is 11.7. The molecule has 0 aliphatic carbocycles. The maximum atomic E-state index is 11.7. The summed E-state index contributed by atoms with van der Waals surface area (Å²) >= 11 is 7.80. The second kappa shape index (κ2) is 29.4. The molecule has 0 saturated carbocycles. The van der Waals surface area contributed by atoms with Gasteiger partial charge in [0.25, 0.3) is 0 Å². The molecule has 83 heavy (non-hydrogen) atoms. The van der Waals surface area contributed by atoms with Crippen LogP contribution >= 0.6 is 56.7 Å². The smallest absolute Gasteiger partial charge is 0.346 e. The number of carboxylic acid groups (broad SMARTS) is 2. The second-order valence-electron chi connectivity index (χ2n) is 20.0. The lowest BCUT2D eigenvalue weighted by Crippen LogP contribution is -2.10. The van der Waals surface area contributed by atoms with E-state index in [1.165, 1.54) is 60.5 Å². The van der Waals surface area contributed by atoms with Gasteiger partial charge in [-0.1, -0.05) is 90.7 Å². The molecule has 0 atom stereocenters. The minimum atomic E-state index is -1.26. The van der Waals surface area contributed by atoms with E-state index in [2.05, 4.69) is 138 Å². The zero-order valence-corrected chi connectivity index (χ0v) is 50.9. The second-order valence-corrected chi connectivity index (χ2v) is 25.1. The zero-order chi connectivity index (χ0) is 58.1. The predicted octanol–water partition coefficient (Wildman–Crippen LogP) is 20.1. The molecule has 16 heteroatoms. The van der Waals surface area contributed by atoms with E-state index in [1.54, 1.807) is 46.1 Å². The summed E-state index contributed by atoms with van der Waals surface area (Å²) in [6.45, 7) is 8.79. The normalized spacial score (nSPS) is 11.6. The predicted molar refractivity (Wildman–Crippen MR) is 345 cm³/mol. The fourth-order valence-electron chi connectivity index (χ4n) is 9.55. The van der Waals surface area contributed by atoms with Crippen LogP contribution in [0.2, 0.25) is 0 Å². The van der Waals surface area contributed by atoms with Crippen LogP contribution in [0.3, 0.4) is 0 Å². The summed E-state index contributed by atoms with van der Waals surface area (Å²) in [5, 5.41) is 42.2. The summed E-state index contributed by atoms with van der Waals surface area (Å²) in [4.78, 5) is 38.6. The average molecular weight is 1200 g/mol. The summed E-state index contributed by atoms with van der Waals surface area (Å²) in [6.07, 6.45) is 16.3. The van der Waals surface area contributed by atoms with Gasteiger partial charge < -0.3 is 29.2 Å². The van der Waals surface area contributed by atoms with Crippen LogP contribution in [0, 0.1) is 22.7 Å². The molecule has 3 aromatic carbocycles. The van der Waals surface area contributed by atoms with Crippen molar-refractivity contribution in [1.82, 2.24) is 9.55 Å². The molecular weight excluding hydrogens is 1130 g/mol. The topological polar surface area (TPSA) is 162 Å². The number of hydrogen-bond donors (Lipinski definition) is 2. The molecule has 9 aromatic rings. The van der Waals surface area contributed by atoms with Crippen molar-refractivity contribution in [2.24, 2.45) is 0 Å². The Bertz CT molecular complexity index is 3710. The minimum absolute atomic E-state index is 0.320. The van der Waals surface area contributed by atoms with Crippen molar-refractivity contribution in [2.75, 3.05) is 18.1 Å². The monoisotopic (exact) mass is 1200 g/mol. The molecule has 424 valence electrons. The largest absolute Gasteiger partial charge is 0.494 e. The lowest BCUT2D eigenvalue weighted by Gasteiger charge is -2.26. The number of nitriles is 2. The molecule has 0 bridgehead atoms. The number of benzene rings is 3. The van der Waals surface area contributed by atoms with Gasteiger partial charge in [0.2, 0.25) is 0 Å². The molecule has 0 aliphatic rings. The molecular formula is C67H65N5O6S5. The highest BCUT2D eigenvalue weighted by atomic mass is 32.1. The van der Waals surface area contributed by atoms with E-state index in [4.69, 9.17) is 14.5 Å². The number of nitrogens with zero attached hydrogens (tertiary/aromatic N) is 5. The Morgan fingerprint density at radius 2 is 0.976 bits per heavy atom. The van der Waals surface area contributed by atoms with E-state index in [0.717, 1.165) is 150 Å². The Kier molecular flexibility index (Phi) is 21.2. The van der Waals surface area contributed by atoms with Gasteiger partial charge in [-0.25, -0.2) is 14.6 Å². The third kappa shape index (κ3) is 15.2. The van der Waals surface area contributed by atoms with Gasteiger partial charge in [0, 0.05) is 69.9 Å². The SMILES string of the molecule is CCCCCCOc1ccc(N(c2ccc(OCCCCCC)cc2)c2ccc(-c3ccc(-c4nc(-c5cc(-c6ccc(/C=C(/C#N)C(=O)O)s6)cs5)c(-c5cc(-c6ccc(/C=C(/C#N)C(=O)O)s6)cs5)n4CCCCCC)s3)cc2)cc1. The highest BCUT2D eigenvalue weighted by Crippen LogP contribution is 2.47. The number of hydrogen-bond acceptors (Lipinski definition) is 13. The number of thiophene rings is 5. The molecule has 0 saturated heterocycles. The number of rotatable bonds is 30. The van der Waals surface area contributed by atoms with Crippen molar-refractivity contribution in [3.63, 3.8) is 0 Å². The first-order valence-electron chi connectivity index (χ1n) is 28.2. The van der Waals surface area contributed by atoms with Gasteiger partial charge in [-0.05, 0) is 146 Å². The number of aliphatic carboxylic acids is 2. The minimum Gasteiger partial charge on any atom is -0.494 e. The molecule has 0 fully saturated rings. The lowest BCUT2D eigenvalue weighted by molar-refractivity contribution is -0.133. The molecule has 6 heterocycles. The third-order valence-corrected chi connectivity index (χ3v) is 19.1. The van der Waals surface area contributed by atoms with E-state index in [0.29, 0.717) is 23.0 Å². The first-order valence-corrected chi connectivity index (χ1v) is 32.4. The first kappa shape index (κ1) is 59.8. The van der Waals surface area contributed by atoms with Crippen LogP contribution in [0.25, 0.3) is 75.3 Å². The Balaban J connectivity index is 1.07. The van der Waals surface area contributed by atoms with Gasteiger partial charge >= 0.3 is 11.9 Å². The molecule has 6 aromatic heterocycles. The summed E-state index contributed by atoms with van der Waals surface area (Å²) in [6, 6.07) is 45.3. The van der Waals surface area contributed by atoms with Gasteiger partial charge in [0.1, 0.15) is 40.5 Å². The number of carbonyl (C=O) groups is 2. The van der Waals surface area contributed by atoms with E-state index in [1.807, 2.05) is 24.3 Å². The summed E-state index contributed by atoms with van der Waals surface area (Å²) in [5.74, 6) is 0.0653. The summed E-state index contributed by atoms with van der Waals surface area (Å²) in [5.41, 5.74) is 7.29. The van der Waals surface area contributed by atoms with Crippen LogP contribution in [0.1, 0.15) is 108 Å². The molecule has 0 spiro atoms. The van der Waals surface area contributed by atoms with Crippen LogP contribution in [-0.4, -0.2) is 44.9 Å². The van der Waals surface area contributed by atoms with E-state index in [-0.39, 0.29) is 11.1 Å². The van der Waals surface area contributed by atoms with E-state index in [9.17, 15) is 30.3 Å². The third-order valence-electron chi connectivity index (χ3n) is 13.9. The Hall–Kier alpha value is -7.83. The fraction of sp³-hybridized carbons (Fsp3) is 0.269. The van der Waals surface area contributed by atoms with Crippen molar-refractivity contribution in [3.05, 3.63) is 153 Å². The Morgan fingerprint density at radius 3 is 1.47 bits per heavy atom. The number of ether oxygens (including phenoxy) is 2. The highest BCUT2D eigenvalue weighted by Gasteiger charge is 2.26.